The third kappa shape index (κ3) is 4.47. The van der Waals surface area contributed by atoms with E-state index in [1.807, 2.05) is 43.5 Å². The molecule has 7 heteroatoms. The van der Waals surface area contributed by atoms with E-state index in [4.69, 9.17) is 4.74 Å². The first kappa shape index (κ1) is 18.9. The maximum Gasteiger partial charge on any atom is 0.218 e. The second kappa shape index (κ2) is 8.24. The van der Waals surface area contributed by atoms with Gasteiger partial charge < -0.3 is 4.74 Å². The van der Waals surface area contributed by atoms with Crippen LogP contribution in [0, 0.1) is 6.92 Å². The van der Waals surface area contributed by atoms with Crippen LogP contribution in [0.3, 0.4) is 0 Å². The van der Waals surface area contributed by atoms with Crippen LogP contribution in [-0.4, -0.2) is 42.9 Å². The zero-order chi connectivity index (χ0) is 18.6. The second-order valence-corrected chi connectivity index (χ2v) is 8.64. The Morgan fingerprint density at radius 2 is 1.88 bits per heavy atom. The first-order chi connectivity index (χ1) is 12.5. The number of aryl methyl sites for hydroxylation is 1. The largest absolute Gasteiger partial charge is 0.380 e. The predicted octanol–water partition coefficient (Wildman–Crippen LogP) is 2.64. The third-order valence-electron chi connectivity index (χ3n) is 4.74. The number of hydrogen-bond acceptors (Lipinski definition) is 5. The van der Waals surface area contributed by atoms with Gasteiger partial charge >= 0.3 is 0 Å². The Bertz CT molecular complexity index is 832. The Balaban J connectivity index is 1.68. The zero-order valence-electron chi connectivity index (χ0n) is 15.3. The van der Waals surface area contributed by atoms with Gasteiger partial charge in [0.1, 0.15) is 5.82 Å². The molecule has 140 valence electrons. The van der Waals surface area contributed by atoms with Gasteiger partial charge in [0.25, 0.3) is 0 Å². The van der Waals surface area contributed by atoms with Crippen LogP contribution in [0.15, 0.2) is 36.5 Å². The maximum atomic E-state index is 12.7. The van der Waals surface area contributed by atoms with Gasteiger partial charge in [-0.3, -0.25) is 0 Å². The molecular formula is C19H25N3O3S. The fourth-order valence-corrected chi connectivity index (χ4v) is 4.98. The number of ether oxygens (including phenoxy) is 1. The Hall–Kier alpha value is -1.83. The predicted molar refractivity (Wildman–Crippen MR) is 100 cm³/mol. The number of sulfonamides is 1. The number of nitrogens with zero attached hydrogens (tertiary/aromatic N) is 3. The van der Waals surface area contributed by atoms with E-state index in [2.05, 4.69) is 9.97 Å². The average Bonchev–Trinajstić information content (AvgIpc) is 2.64. The number of hydrogen-bond donors (Lipinski definition) is 0. The van der Waals surface area contributed by atoms with Crippen molar-refractivity contribution in [1.29, 1.82) is 0 Å². The summed E-state index contributed by atoms with van der Waals surface area (Å²) < 4.78 is 32.3. The molecule has 0 bridgehead atoms. The van der Waals surface area contributed by atoms with Crippen molar-refractivity contribution in [2.45, 2.75) is 38.0 Å². The molecule has 1 aliphatic heterocycles. The summed E-state index contributed by atoms with van der Waals surface area (Å²) in [6.45, 7) is 3.40. The van der Waals surface area contributed by atoms with E-state index in [9.17, 15) is 8.42 Å². The molecule has 6 nitrogen and oxygen atoms in total. The van der Waals surface area contributed by atoms with Crippen molar-refractivity contribution in [1.82, 2.24) is 14.3 Å². The third-order valence-corrected chi connectivity index (χ3v) is 6.59. The minimum absolute atomic E-state index is 0.0556. The van der Waals surface area contributed by atoms with Crippen LogP contribution in [0.2, 0.25) is 0 Å². The average molecular weight is 375 g/mol. The topological polar surface area (TPSA) is 72.4 Å². The van der Waals surface area contributed by atoms with Crippen molar-refractivity contribution in [3.63, 3.8) is 0 Å². The first-order valence-electron chi connectivity index (χ1n) is 8.82. The van der Waals surface area contributed by atoms with Crippen molar-refractivity contribution in [2.75, 3.05) is 20.2 Å². The smallest absolute Gasteiger partial charge is 0.218 e. The standard InChI is InChI=1S/C19H25N3O3S/c1-15-20-12-18(13-25-2)19(21-15)17-8-10-22(11-9-17)26(23,24)14-16-6-4-3-5-7-16/h3-7,12,17H,8-11,13-14H2,1-2H3. The lowest BCUT2D eigenvalue weighted by Crippen LogP contribution is -2.38. The molecule has 0 spiro atoms. The highest BCUT2D eigenvalue weighted by atomic mass is 32.2. The zero-order valence-corrected chi connectivity index (χ0v) is 16.1. The monoisotopic (exact) mass is 375 g/mol. The van der Waals surface area contributed by atoms with Crippen LogP contribution in [0.1, 0.15) is 41.4 Å². The number of piperidine rings is 1. The van der Waals surface area contributed by atoms with Gasteiger partial charge in [-0.05, 0) is 25.3 Å². The molecule has 0 unspecified atom stereocenters. The van der Waals surface area contributed by atoms with Crippen LogP contribution < -0.4 is 0 Å². The van der Waals surface area contributed by atoms with Crippen molar-refractivity contribution in [3.05, 3.63) is 59.2 Å². The molecule has 0 aliphatic carbocycles. The van der Waals surface area contributed by atoms with Crippen molar-refractivity contribution in [3.8, 4) is 0 Å². The van der Waals surface area contributed by atoms with E-state index in [0.717, 1.165) is 35.5 Å². The molecule has 0 N–H and O–H groups in total. The molecule has 1 saturated heterocycles. The molecule has 0 radical (unpaired) electrons. The lowest BCUT2D eigenvalue weighted by Gasteiger charge is -2.31. The summed E-state index contributed by atoms with van der Waals surface area (Å²) in [5, 5.41) is 0. The molecule has 2 heterocycles. The van der Waals surface area contributed by atoms with Crippen LogP contribution in [-0.2, 0) is 27.1 Å². The van der Waals surface area contributed by atoms with Gasteiger partial charge in [-0.15, -0.1) is 0 Å². The summed E-state index contributed by atoms with van der Waals surface area (Å²) in [6, 6.07) is 9.33. The fraction of sp³-hybridized carbons (Fsp3) is 0.474. The molecule has 0 atom stereocenters. The van der Waals surface area contributed by atoms with Crippen molar-refractivity contribution < 1.29 is 13.2 Å². The normalized spacial score (nSPS) is 16.7. The van der Waals surface area contributed by atoms with Crippen LogP contribution in [0.25, 0.3) is 0 Å². The van der Waals surface area contributed by atoms with E-state index in [1.54, 1.807) is 11.4 Å². The summed E-state index contributed by atoms with van der Waals surface area (Å²) in [6.07, 6.45) is 3.35. The number of aromatic nitrogens is 2. The van der Waals surface area contributed by atoms with Crippen molar-refractivity contribution in [2.24, 2.45) is 0 Å². The molecule has 1 aromatic carbocycles. The molecule has 2 aromatic rings. The Morgan fingerprint density at radius 1 is 1.19 bits per heavy atom. The minimum atomic E-state index is -3.29. The maximum absolute atomic E-state index is 12.7. The SMILES string of the molecule is COCc1cnc(C)nc1C1CCN(S(=O)(=O)Cc2ccccc2)CC1. The lowest BCUT2D eigenvalue weighted by molar-refractivity contribution is 0.182. The number of methoxy groups -OCH3 is 1. The van der Waals surface area contributed by atoms with Gasteiger partial charge in [0.2, 0.25) is 10.0 Å². The second-order valence-electron chi connectivity index (χ2n) is 6.68. The molecule has 26 heavy (non-hydrogen) atoms. The highest BCUT2D eigenvalue weighted by Gasteiger charge is 2.30. The van der Waals surface area contributed by atoms with E-state index in [1.165, 1.54) is 0 Å². The Morgan fingerprint density at radius 3 is 2.54 bits per heavy atom. The van der Waals surface area contributed by atoms with Crippen LogP contribution in [0.5, 0.6) is 0 Å². The summed E-state index contributed by atoms with van der Waals surface area (Å²) in [4.78, 5) is 8.87. The fourth-order valence-electron chi connectivity index (χ4n) is 3.42. The molecule has 1 aliphatic rings. The van der Waals surface area contributed by atoms with E-state index in [0.29, 0.717) is 19.7 Å². The Kier molecular flexibility index (Phi) is 6.01. The van der Waals surface area contributed by atoms with Crippen molar-refractivity contribution >= 4 is 10.0 Å². The molecule has 0 saturated carbocycles. The van der Waals surface area contributed by atoms with Gasteiger partial charge in [-0.1, -0.05) is 30.3 Å². The summed E-state index contributed by atoms with van der Waals surface area (Å²) >= 11 is 0. The lowest BCUT2D eigenvalue weighted by atomic mass is 9.92. The first-order valence-corrected chi connectivity index (χ1v) is 10.4. The summed E-state index contributed by atoms with van der Waals surface area (Å²) in [5.74, 6) is 1.03. The molecular weight excluding hydrogens is 350 g/mol. The quantitative estimate of drug-likeness (QED) is 0.776. The van der Waals surface area contributed by atoms with Crippen LogP contribution >= 0.6 is 0 Å². The van der Waals surface area contributed by atoms with E-state index < -0.39 is 10.0 Å². The molecule has 0 amide bonds. The highest BCUT2D eigenvalue weighted by Crippen LogP contribution is 2.30. The van der Waals surface area contributed by atoms with Gasteiger partial charge in [0, 0.05) is 37.9 Å². The number of benzene rings is 1. The minimum Gasteiger partial charge on any atom is -0.380 e. The molecule has 1 aromatic heterocycles. The van der Waals surface area contributed by atoms with Gasteiger partial charge in [-0.25, -0.2) is 22.7 Å². The summed E-state index contributed by atoms with van der Waals surface area (Å²) in [7, 11) is -1.64. The summed E-state index contributed by atoms with van der Waals surface area (Å²) in [5.41, 5.74) is 2.81. The molecule has 1 fully saturated rings. The molecule has 3 rings (SSSR count). The Labute approximate surface area is 155 Å². The van der Waals surface area contributed by atoms with Gasteiger partial charge in [-0.2, -0.15) is 0 Å². The van der Waals surface area contributed by atoms with E-state index >= 15 is 0 Å². The highest BCUT2D eigenvalue weighted by molar-refractivity contribution is 7.88. The van der Waals surface area contributed by atoms with E-state index in [-0.39, 0.29) is 11.7 Å². The van der Waals surface area contributed by atoms with Gasteiger partial charge in [0.05, 0.1) is 18.1 Å². The van der Waals surface area contributed by atoms with Gasteiger partial charge in [0.15, 0.2) is 0 Å². The number of rotatable bonds is 6. The van der Waals surface area contributed by atoms with Crippen LogP contribution in [0.4, 0.5) is 0 Å².